The molecule has 7 heteroatoms. The molecule has 6 nitrogen and oxygen atoms in total. The maximum absolute atomic E-state index is 12.9. The van der Waals surface area contributed by atoms with Gasteiger partial charge in [0, 0.05) is 5.56 Å². The molecule has 2 amide bonds. The second-order valence-corrected chi connectivity index (χ2v) is 9.23. The second-order valence-electron chi connectivity index (χ2n) is 8.24. The zero-order valence-corrected chi connectivity index (χ0v) is 20.6. The van der Waals surface area contributed by atoms with Crippen molar-refractivity contribution in [3.05, 3.63) is 99.5 Å². The molecule has 178 valence electrons. The minimum absolute atomic E-state index is 0.252. The van der Waals surface area contributed by atoms with Crippen molar-refractivity contribution in [2.24, 2.45) is 0 Å². The van der Waals surface area contributed by atoms with Gasteiger partial charge in [-0.15, -0.1) is 0 Å². The lowest BCUT2D eigenvalue weighted by molar-refractivity contribution is -0.122. The van der Waals surface area contributed by atoms with Crippen molar-refractivity contribution < 1.29 is 23.9 Å². The van der Waals surface area contributed by atoms with E-state index in [2.05, 4.69) is 0 Å². The summed E-state index contributed by atoms with van der Waals surface area (Å²) in [6.07, 6.45) is 1.62. The lowest BCUT2D eigenvalue weighted by Crippen LogP contribution is -2.33. The highest BCUT2D eigenvalue weighted by atomic mass is 32.2. The molecule has 0 saturated carbocycles. The molecule has 0 N–H and O–H groups in total. The highest BCUT2D eigenvalue weighted by Crippen LogP contribution is 2.35. The number of ketones is 1. The van der Waals surface area contributed by atoms with E-state index in [4.69, 9.17) is 9.47 Å². The summed E-state index contributed by atoms with van der Waals surface area (Å²) in [6.45, 7) is 4.06. The molecule has 35 heavy (non-hydrogen) atoms. The van der Waals surface area contributed by atoms with Crippen LogP contribution in [0.15, 0.2) is 71.6 Å². The molecule has 1 aliphatic heterocycles. The molecule has 3 aromatic carbocycles. The Morgan fingerprint density at radius 1 is 0.914 bits per heavy atom. The molecule has 0 radical (unpaired) electrons. The van der Waals surface area contributed by atoms with Gasteiger partial charge in [0.15, 0.2) is 17.3 Å². The Hall–Kier alpha value is -3.84. The average molecular weight is 488 g/mol. The Bertz CT molecular complexity index is 1300. The Kier molecular flexibility index (Phi) is 7.36. The maximum atomic E-state index is 12.9. The van der Waals surface area contributed by atoms with E-state index >= 15 is 0 Å². The average Bonchev–Trinajstić information content (AvgIpc) is 3.11. The van der Waals surface area contributed by atoms with Gasteiger partial charge in [0.1, 0.15) is 6.61 Å². The van der Waals surface area contributed by atoms with E-state index in [-0.39, 0.29) is 17.2 Å². The normalized spacial score (nSPS) is 14.5. The summed E-state index contributed by atoms with van der Waals surface area (Å²) in [4.78, 5) is 39.1. The summed E-state index contributed by atoms with van der Waals surface area (Å²) in [5.74, 6) is 0.311. The molecule has 1 saturated heterocycles. The van der Waals surface area contributed by atoms with Crippen LogP contribution in [0.4, 0.5) is 4.79 Å². The maximum Gasteiger partial charge on any atom is 0.293 e. The summed E-state index contributed by atoms with van der Waals surface area (Å²) in [6, 6.07) is 20.4. The van der Waals surface area contributed by atoms with Crippen molar-refractivity contribution in [3.8, 4) is 11.5 Å². The van der Waals surface area contributed by atoms with Gasteiger partial charge in [0.25, 0.3) is 11.1 Å². The molecule has 3 aromatic rings. The third-order valence-electron chi connectivity index (χ3n) is 5.55. The third kappa shape index (κ3) is 5.81. The number of rotatable bonds is 8. The van der Waals surface area contributed by atoms with Crippen LogP contribution in [0.1, 0.15) is 32.6 Å². The zero-order valence-electron chi connectivity index (χ0n) is 19.7. The number of ether oxygens (including phenoxy) is 2. The molecule has 0 spiro atoms. The second kappa shape index (κ2) is 10.6. The van der Waals surface area contributed by atoms with Crippen molar-refractivity contribution in [1.29, 1.82) is 0 Å². The quantitative estimate of drug-likeness (QED) is 0.295. The van der Waals surface area contributed by atoms with E-state index in [0.29, 0.717) is 29.2 Å². The van der Waals surface area contributed by atoms with Crippen LogP contribution in [0.5, 0.6) is 11.5 Å². The standard InChI is InChI=1S/C28H25NO5S/c1-18-4-8-20(9-5-18)17-34-24-13-10-21(14-25(24)33-3)15-26-27(31)29(28(32)35-26)16-23(30)22-11-6-19(2)7-12-22/h4-15H,16-17H2,1-3H3/b26-15-. The molecular formula is C28H25NO5S. The number of hydrogen-bond donors (Lipinski definition) is 0. The van der Waals surface area contributed by atoms with Gasteiger partial charge in [0.05, 0.1) is 18.6 Å². The van der Waals surface area contributed by atoms with Gasteiger partial charge in [-0.1, -0.05) is 65.7 Å². The summed E-state index contributed by atoms with van der Waals surface area (Å²) >= 11 is 0.817. The van der Waals surface area contributed by atoms with Crippen molar-refractivity contribution in [1.82, 2.24) is 4.90 Å². The molecule has 1 aliphatic rings. The smallest absolute Gasteiger partial charge is 0.293 e. The SMILES string of the molecule is COc1cc(/C=C2\SC(=O)N(CC(=O)c3ccc(C)cc3)C2=O)ccc1OCc1ccc(C)cc1. The number of hydrogen-bond acceptors (Lipinski definition) is 6. The first-order chi connectivity index (χ1) is 16.8. The summed E-state index contributed by atoms with van der Waals surface area (Å²) in [5.41, 5.74) is 4.39. The van der Waals surface area contributed by atoms with Gasteiger partial charge in [-0.05, 0) is 54.9 Å². The van der Waals surface area contributed by atoms with Crippen LogP contribution in [-0.2, 0) is 11.4 Å². The number of thioether (sulfide) groups is 1. The highest BCUT2D eigenvalue weighted by molar-refractivity contribution is 8.18. The number of carbonyl (C=O) groups is 3. The van der Waals surface area contributed by atoms with Crippen molar-refractivity contribution >= 4 is 34.8 Å². The van der Waals surface area contributed by atoms with Crippen molar-refractivity contribution in [2.45, 2.75) is 20.5 Å². The molecule has 0 aliphatic carbocycles. The number of nitrogens with zero attached hydrogens (tertiary/aromatic N) is 1. The summed E-state index contributed by atoms with van der Waals surface area (Å²) in [7, 11) is 1.54. The molecule has 0 bridgehead atoms. The van der Waals surface area contributed by atoms with E-state index < -0.39 is 11.1 Å². The Balaban J connectivity index is 1.46. The van der Waals surface area contributed by atoms with Gasteiger partial charge in [-0.3, -0.25) is 19.3 Å². The van der Waals surface area contributed by atoms with Gasteiger partial charge >= 0.3 is 0 Å². The Morgan fingerprint density at radius 2 is 1.57 bits per heavy atom. The van der Waals surface area contributed by atoms with Gasteiger partial charge in [-0.25, -0.2) is 0 Å². The molecule has 1 fully saturated rings. The monoisotopic (exact) mass is 487 g/mol. The minimum atomic E-state index is -0.487. The van der Waals surface area contributed by atoms with E-state index in [1.165, 1.54) is 5.56 Å². The van der Waals surface area contributed by atoms with Crippen LogP contribution in [0, 0.1) is 13.8 Å². The van der Waals surface area contributed by atoms with E-state index in [0.717, 1.165) is 27.8 Å². The van der Waals surface area contributed by atoms with E-state index in [9.17, 15) is 14.4 Å². The largest absolute Gasteiger partial charge is 0.493 e. The molecule has 0 aromatic heterocycles. The topological polar surface area (TPSA) is 72.9 Å². The van der Waals surface area contributed by atoms with Crippen LogP contribution in [0.25, 0.3) is 6.08 Å². The summed E-state index contributed by atoms with van der Waals surface area (Å²) in [5, 5.41) is -0.466. The summed E-state index contributed by atoms with van der Waals surface area (Å²) < 4.78 is 11.4. The fourth-order valence-corrected chi connectivity index (χ4v) is 4.34. The first kappa shape index (κ1) is 24.3. The minimum Gasteiger partial charge on any atom is -0.493 e. The van der Waals surface area contributed by atoms with Crippen molar-refractivity contribution in [2.75, 3.05) is 13.7 Å². The molecule has 0 unspecified atom stereocenters. The number of imide groups is 1. The first-order valence-corrected chi connectivity index (χ1v) is 11.9. The number of Topliss-reactive ketones (excluding diaryl/α,β-unsaturated/α-hetero) is 1. The van der Waals surface area contributed by atoms with Crippen LogP contribution < -0.4 is 9.47 Å². The first-order valence-electron chi connectivity index (χ1n) is 11.1. The highest BCUT2D eigenvalue weighted by Gasteiger charge is 2.36. The predicted molar refractivity (Wildman–Crippen MR) is 137 cm³/mol. The number of methoxy groups -OCH3 is 1. The van der Waals surface area contributed by atoms with Crippen LogP contribution >= 0.6 is 11.8 Å². The fourth-order valence-electron chi connectivity index (χ4n) is 3.50. The number of carbonyl (C=O) groups excluding carboxylic acids is 3. The van der Waals surface area contributed by atoms with E-state index in [1.807, 2.05) is 50.2 Å². The van der Waals surface area contributed by atoms with Crippen LogP contribution in [0.3, 0.4) is 0 Å². The number of benzene rings is 3. The Morgan fingerprint density at radius 3 is 2.23 bits per heavy atom. The van der Waals surface area contributed by atoms with Crippen molar-refractivity contribution in [3.63, 3.8) is 0 Å². The van der Waals surface area contributed by atoms with Crippen LogP contribution in [0.2, 0.25) is 0 Å². The predicted octanol–water partition coefficient (Wildman–Crippen LogP) is 5.81. The molecule has 0 atom stereocenters. The Labute approximate surface area is 208 Å². The fraction of sp³-hybridized carbons (Fsp3) is 0.179. The lowest BCUT2D eigenvalue weighted by Gasteiger charge is -2.12. The molecule has 4 rings (SSSR count). The number of amides is 2. The van der Waals surface area contributed by atoms with Crippen LogP contribution in [-0.4, -0.2) is 35.5 Å². The van der Waals surface area contributed by atoms with Gasteiger partial charge in [-0.2, -0.15) is 0 Å². The third-order valence-corrected chi connectivity index (χ3v) is 6.46. The number of aryl methyl sites for hydroxylation is 2. The molecular weight excluding hydrogens is 462 g/mol. The zero-order chi connectivity index (χ0) is 24.9. The molecule has 1 heterocycles. The van der Waals surface area contributed by atoms with E-state index in [1.54, 1.807) is 43.5 Å². The van der Waals surface area contributed by atoms with Gasteiger partial charge in [0.2, 0.25) is 0 Å². The van der Waals surface area contributed by atoms with Gasteiger partial charge < -0.3 is 9.47 Å². The lowest BCUT2D eigenvalue weighted by atomic mass is 10.1.